The van der Waals surface area contributed by atoms with E-state index < -0.39 is 0 Å². The third kappa shape index (κ3) is 7.22. The lowest BCUT2D eigenvalue weighted by atomic mass is 9.97. The highest BCUT2D eigenvalue weighted by atomic mass is 19.1. The van der Waals surface area contributed by atoms with Crippen LogP contribution in [-0.4, -0.2) is 67.1 Å². The van der Waals surface area contributed by atoms with E-state index in [1.807, 2.05) is 20.9 Å². The van der Waals surface area contributed by atoms with E-state index in [1.54, 1.807) is 12.1 Å². The zero-order valence-corrected chi connectivity index (χ0v) is 19.7. The second kappa shape index (κ2) is 11.9. The first-order valence-electron chi connectivity index (χ1n) is 11.5. The molecular weight excluding hydrogens is 409 g/mol. The van der Waals surface area contributed by atoms with E-state index in [4.69, 9.17) is 14.1 Å². The monoisotopic (exact) mass is 445 g/mol. The summed E-state index contributed by atoms with van der Waals surface area (Å²) in [5, 5.41) is 3.37. The van der Waals surface area contributed by atoms with Gasteiger partial charge in [-0.2, -0.15) is 0 Å². The van der Waals surface area contributed by atoms with E-state index >= 15 is 0 Å². The maximum Gasteiger partial charge on any atom is 0.208 e. The number of aromatic nitrogens is 1. The lowest BCUT2D eigenvalue weighted by Crippen LogP contribution is -2.41. The van der Waals surface area contributed by atoms with Gasteiger partial charge in [0.2, 0.25) is 5.89 Å². The van der Waals surface area contributed by atoms with Gasteiger partial charge >= 0.3 is 0 Å². The van der Waals surface area contributed by atoms with Crippen molar-refractivity contribution in [3.8, 4) is 5.75 Å². The molecule has 0 amide bonds. The summed E-state index contributed by atoms with van der Waals surface area (Å²) in [6, 6.07) is 6.10. The first kappa shape index (κ1) is 24.0. The summed E-state index contributed by atoms with van der Waals surface area (Å²) in [5.41, 5.74) is 0.979. The van der Waals surface area contributed by atoms with Crippen LogP contribution in [0.4, 0.5) is 4.39 Å². The van der Waals surface area contributed by atoms with Crippen LogP contribution in [0.25, 0.3) is 0 Å². The van der Waals surface area contributed by atoms with Crippen molar-refractivity contribution < 1.29 is 13.5 Å². The van der Waals surface area contributed by atoms with Gasteiger partial charge < -0.3 is 19.4 Å². The Labute approximate surface area is 190 Å². The number of aryl methyl sites for hydroxylation is 2. The number of hydrogen-bond donors (Lipinski definition) is 1. The second-order valence-corrected chi connectivity index (χ2v) is 8.39. The number of nitrogens with one attached hydrogen (secondary N) is 1. The predicted molar refractivity (Wildman–Crippen MR) is 124 cm³/mol. The minimum absolute atomic E-state index is 0.260. The maximum atomic E-state index is 13.0. The fraction of sp³-hybridized carbons (Fsp3) is 0.583. The minimum atomic E-state index is -0.260. The minimum Gasteiger partial charge on any atom is -0.492 e. The van der Waals surface area contributed by atoms with E-state index in [9.17, 15) is 4.39 Å². The number of rotatable bonds is 9. The summed E-state index contributed by atoms with van der Waals surface area (Å²) in [6.07, 6.45) is 2.25. The van der Waals surface area contributed by atoms with Gasteiger partial charge in [0.15, 0.2) is 5.96 Å². The molecule has 0 radical (unpaired) electrons. The van der Waals surface area contributed by atoms with Gasteiger partial charge in [0.05, 0.1) is 18.8 Å². The molecule has 0 atom stereocenters. The van der Waals surface area contributed by atoms with Gasteiger partial charge in [0, 0.05) is 20.1 Å². The van der Waals surface area contributed by atoms with Crippen molar-refractivity contribution in [2.75, 3.05) is 46.4 Å². The molecule has 1 aliphatic rings. The number of benzene rings is 1. The Morgan fingerprint density at radius 1 is 1.28 bits per heavy atom. The number of piperidine rings is 1. The van der Waals surface area contributed by atoms with Crippen LogP contribution in [-0.2, 0) is 6.54 Å². The highest BCUT2D eigenvalue weighted by Gasteiger charge is 2.21. The molecule has 1 aromatic heterocycles. The number of aliphatic imine (C=N–C) groups is 1. The zero-order valence-electron chi connectivity index (χ0n) is 19.7. The zero-order chi connectivity index (χ0) is 22.9. The van der Waals surface area contributed by atoms with Crippen LogP contribution in [0.3, 0.4) is 0 Å². The molecule has 2 heterocycles. The van der Waals surface area contributed by atoms with E-state index in [1.165, 1.54) is 12.1 Å². The quantitative estimate of drug-likeness (QED) is 0.470. The van der Waals surface area contributed by atoms with E-state index in [2.05, 4.69) is 27.0 Å². The van der Waals surface area contributed by atoms with Gasteiger partial charge in [-0.3, -0.25) is 9.89 Å². The molecule has 7 nitrogen and oxygen atoms in total. The Kier molecular flexibility index (Phi) is 8.90. The van der Waals surface area contributed by atoms with Gasteiger partial charge in [-0.1, -0.05) is 0 Å². The number of guanidine groups is 1. The fourth-order valence-corrected chi connectivity index (χ4v) is 3.75. The summed E-state index contributed by atoms with van der Waals surface area (Å²) in [6.45, 7) is 11.7. The van der Waals surface area contributed by atoms with Gasteiger partial charge in [0.1, 0.15) is 23.9 Å². The smallest absolute Gasteiger partial charge is 0.208 e. The number of ether oxygens (including phenoxy) is 1. The first-order chi connectivity index (χ1) is 15.4. The SMILES string of the molecule is CCNC(=NCC1CCN(Cc2nc(C)c(C)o2)CC1)N(C)CCOc1ccc(F)cc1. The molecule has 1 N–H and O–H groups in total. The van der Waals surface area contributed by atoms with Crippen LogP contribution in [0.2, 0.25) is 0 Å². The van der Waals surface area contributed by atoms with E-state index in [0.29, 0.717) is 24.8 Å². The van der Waals surface area contributed by atoms with E-state index in [-0.39, 0.29) is 5.82 Å². The molecule has 1 aromatic carbocycles. The number of likely N-dealkylation sites (N-methyl/N-ethyl adjacent to an activating group) is 1. The lowest BCUT2D eigenvalue weighted by molar-refractivity contribution is 0.166. The molecule has 0 unspecified atom stereocenters. The average molecular weight is 446 g/mol. The normalized spacial score (nSPS) is 15.7. The lowest BCUT2D eigenvalue weighted by Gasteiger charge is -2.30. The van der Waals surface area contributed by atoms with Crippen molar-refractivity contribution in [3.05, 3.63) is 47.4 Å². The number of oxazole rings is 1. The Morgan fingerprint density at radius 3 is 2.62 bits per heavy atom. The number of hydrogen-bond acceptors (Lipinski definition) is 5. The molecule has 1 saturated heterocycles. The van der Waals surface area contributed by atoms with Crippen molar-refractivity contribution >= 4 is 5.96 Å². The summed E-state index contributed by atoms with van der Waals surface area (Å²) >= 11 is 0. The van der Waals surface area contributed by atoms with Crippen LogP contribution in [0.15, 0.2) is 33.7 Å². The first-order valence-corrected chi connectivity index (χ1v) is 11.5. The van der Waals surface area contributed by atoms with Crippen molar-refractivity contribution in [2.45, 2.75) is 40.2 Å². The number of halogens is 1. The van der Waals surface area contributed by atoms with E-state index in [0.717, 1.165) is 68.9 Å². The number of likely N-dealkylation sites (tertiary alicyclic amines) is 1. The molecule has 0 spiro atoms. The molecule has 2 aromatic rings. The fourth-order valence-electron chi connectivity index (χ4n) is 3.75. The van der Waals surface area contributed by atoms with Gasteiger partial charge in [-0.25, -0.2) is 9.37 Å². The Morgan fingerprint density at radius 2 is 2.00 bits per heavy atom. The summed E-state index contributed by atoms with van der Waals surface area (Å²) in [7, 11) is 2.01. The standard InChI is InChI=1S/C24H36FN5O2/c1-5-26-24(29(4)14-15-31-22-8-6-21(25)7-9-22)27-16-20-10-12-30(13-11-20)17-23-28-18(2)19(3)32-23/h6-9,20H,5,10-17H2,1-4H3,(H,26,27). The topological polar surface area (TPSA) is 66.1 Å². The molecule has 176 valence electrons. The van der Waals surface area contributed by atoms with Crippen molar-refractivity contribution in [1.29, 1.82) is 0 Å². The van der Waals surface area contributed by atoms with Gasteiger partial charge in [0.25, 0.3) is 0 Å². The Bertz CT molecular complexity index is 840. The Hall–Kier alpha value is -2.61. The molecule has 32 heavy (non-hydrogen) atoms. The van der Waals surface area contributed by atoms with Crippen LogP contribution in [0.5, 0.6) is 5.75 Å². The second-order valence-electron chi connectivity index (χ2n) is 8.39. The molecule has 1 aliphatic heterocycles. The predicted octanol–water partition coefficient (Wildman–Crippen LogP) is 3.62. The molecule has 0 bridgehead atoms. The molecular formula is C24H36FN5O2. The molecule has 0 saturated carbocycles. The van der Waals surface area contributed by atoms with Crippen LogP contribution in [0.1, 0.15) is 37.1 Å². The summed E-state index contributed by atoms with van der Waals surface area (Å²) in [4.78, 5) is 13.9. The van der Waals surface area contributed by atoms with Crippen molar-refractivity contribution in [2.24, 2.45) is 10.9 Å². The van der Waals surface area contributed by atoms with Crippen LogP contribution < -0.4 is 10.1 Å². The third-order valence-corrected chi connectivity index (χ3v) is 5.84. The molecule has 3 rings (SSSR count). The van der Waals surface area contributed by atoms with Gasteiger partial charge in [-0.05, 0) is 76.9 Å². The largest absolute Gasteiger partial charge is 0.492 e. The summed E-state index contributed by atoms with van der Waals surface area (Å²) in [5.74, 6) is 3.61. The highest BCUT2D eigenvalue weighted by Crippen LogP contribution is 2.20. The Balaban J connectivity index is 1.42. The van der Waals surface area contributed by atoms with Crippen LogP contribution >= 0.6 is 0 Å². The molecule has 8 heteroatoms. The third-order valence-electron chi connectivity index (χ3n) is 5.84. The van der Waals surface area contributed by atoms with Crippen molar-refractivity contribution in [1.82, 2.24) is 20.1 Å². The van der Waals surface area contributed by atoms with Crippen LogP contribution in [0, 0.1) is 25.6 Å². The maximum absolute atomic E-state index is 13.0. The molecule has 0 aliphatic carbocycles. The average Bonchev–Trinajstić information content (AvgIpc) is 3.10. The summed E-state index contributed by atoms with van der Waals surface area (Å²) < 4.78 is 24.4. The van der Waals surface area contributed by atoms with Crippen molar-refractivity contribution in [3.63, 3.8) is 0 Å². The number of nitrogens with zero attached hydrogens (tertiary/aromatic N) is 4. The van der Waals surface area contributed by atoms with Gasteiger partial charge in [-0.15, -0.1) is 0 Å². The molecule has 1 fully saturated rings. The highest BCUT2D eigenvalue weighted by molar-refractivity contribution is 5.79.